The zero-order valence-corrected chi connectivity index (χ0v) is 22.1. The molecule has 1 aromatic carbocycles. The van der Waals surface area contributed by atoms with E-state index in [1.807, 2.05) is 0 Å². The molecule has 36 heavy (non-hydrogen) atoms. The minimum atomic E-state index is -3.65. The molecule has 3 N–H and O–H groups in total. The summed E-state index contributed by atoms with van der Waals surface area (Å²) in [6.07, 6.45) is 2.79. The van der Waals surface area contributed by atoms with Crippen LogP contribution in [-0.4, -0.2) is 67.2 Å². The molecule has 0 atom stereocenters. The first kappa shape index (κ1) is 27.1. The van der Waals surface area contributed by atoms with Gasteiger partial charge in [-0.05, 0) is 52.2 Å². The maximum Gasteiger partial charge on any atom is 0.238 e. The van der Waals surface area contributed by atoms with Crippen LogP contribution in [0.3, 0.4) is 0 Å². The smallest absolute Gasteiger partial charge is 0.238 e. The largest absolute Gasteiger partial charge is 0.494 e. The van der Waals surface area contributed by atoms with Crippen molar-refractivity contribution in [1.82, 2.24) is 19.9 Å². The molecule has 0 aliphatic carbocycles. The van der Waals surface area contributed by atoms with E-state index >= 15 is 0 Å². The number of nitrogens with one attached hydrogen (secondary N) is 3. The standard InChI is InChI=1S/C23H28ClN7O4S/c1-14(2)36(33,34)22-18(7-6-10-25-22)28-21-16(24)12-26-23(30-21)29-17-9-8-15(11-19(17)35-5)27-20(32)13-31(3)4/h6-12,14H,13H2,1-5H3,(H,27,32)(H2,26,28,29,30). The van der Waals surface area contributed by atoms with Gasteiger partial charge >= 0.3 is 0 Å². The van der Waals surface area contributed by atoms with E-state index < -0.39 is 15.1 Å². The molecular weight excluding hydrogens is 506 g/mol. The lowest BCUT2D eigenvalue weighted by Crippen LogP contribution is -2.27. The van der Waals surface area contributed by atoms with Crippen LogP contribution in [-0.2, 0) is 14.6 Å². The van der Waals surface area contributed by atoms with Gasteiger partial charge < -0.3 is 25.6 Å². The highest BCUT2D eigenvalue weighted by Gasteiger charge is 2.25. The number of hydrogen-bond donors (Lipinski definition) is 3. The number of pyridine rings is 1. The number of amides is 1. The summed E-state index contributed by atoms with van der Waals surface area (Å²) in [5.74, 6) is 0.660. The van der Waals surface area contributed by atoms with Gasteiger partial charge in [0.25, 0.3) is 0 Å². The Balaban J connectivity index is 1.86. The third-order valence-electron chi connectivity index (χ3n) is 4.85. The van der Waals surface area contributed by atoms with Gasteiger partial charge in [0.2, 0.25) is 11.9 Å². The van der Waals surface area contributed by atoms with Crippen molar-refractivity contribution in [1.29, 1.82) is 0 Å². The summed E-state index contributed by atoms with van der Waals surface area (Å²) in [6, 6.07) is 8.29. The highest BCUT2D eigenvalue weighted by molar-refractivity contribution is 7.92. The summed E-state index contributed by atoms with van der Waals surface area (Å²) in [6.45, 7) is 3.41. The summed E-state index contributed by atoms with van der Waals surface area (Å²) in [5.41, 5.74) is 1.35. The zero-order valence-electron chi connectivity index (χ0n) is 20.5. The minimum absolute atomic E-state index is 0.0993. The maximum atomic E-state index is 12.7. The molecule has 0 unspecified atom stereocenters. The van der Waals surface area contributed by atoms with E-state index in [0.29, 0.717) is 17.1 Å². The lowest BCUT2D eigenvalue weighted by Gasteiger charge is -2.15. The Morgan fingerprint density at radius 1 is 1.14 bits per heavy atom. The molecule has 1 amide bonds. The first-order valence-electron chi connectivity index (χ1n) is 10.9. The van der Waals surface area contributed by atoms with Gasteiger partial charge in [-0.1, -0.05) is 11.6 Å². The van der Waals surface area contributed by atoms with Gasteiger partial charge in [0.1, 0.15) is 10.8 Å². The van der Waals surface area contributed by atoms with Crippen molar-refractivity contribution in [3.05, 3.63) is 47.7 Å². The fourth-order valence-electron chi connectivity index (χ4n) is 3.06. The van der Waals surface area contributed by atoms with Crippen molar-refractivity contribution >= 4 is 56.2 Å². The summed E-state index contributed by atoms with van der Waals surface area (Å²) in [4.78, 5) is 26.5. The van der Waals surface area contributed by atoms with Crippen molar-refractivity contribution < 1.29 is 17.9 Å². The van der Waals surface area contributed by atoms with E-state index in [1.54, 1.807) is 63.2 Å². The SMILES string of the molecule is COc1cc(NC(=O)CN(C)C)ccc1Nc1ncc(Cl)c(Nc2cccnc2S(=O)(=O)C(C)C)n1. The molecular formula is C23H28ClN7O4S. The lowest BCUT2D eigenvalue weighted by molar-refractivity contribution is -0.116. The second kappa shape index (κ2) is 11.5. The van der Waals surface area contributed by atoms with Gasteiger partial charge in [-0.15, -0.1) is 0 Å². The molecule has 2 aromatic heterocycles. The quantitative estimate of drug-likeness (QED) is 0.353. The molecule has 0 radical (unpaired) electrons. The van der Waals surface area contributed by atoms with Gasteiger partial charge in [0, 0.05) is 18.0 Å². The monoisotopic (exact) mass is 533 g/mol. The summed E-state index contributed by atoms with van der Waals surface area (Å²) >= 11 is 6.29. The first-order chi connectivity index (χ1) is 17.0. The van der Waals surface area contributed by atoms with Crippen molar-refractivity contribution in [2.75, 3.05) is 43.7 Å². The van der Waals surface area contributed by atoms with Crippen LogP contribution in [0.25, 0.3) is 0 Å². The van der Waals surface area contributed by atoms with E-state index in [4.69, 9.17) is 16.3 Å². The molecule has 0 fully saturated rings. The van der Waals surface area contributed by atoms with Crippen molar-refractivity contribution in [2.45, 2.75) is 24.1 Å². The Morgan fingerprint density at radius 3 is 2.56 bits per heavy atom. The van der Waals surface area contributed by atoms with E-state index in [0.717, 1.165) is 0 Å². The molecule has 0 aliphatic rings. The van der Waals surface area contributed by atoms with Crippen LogP contribution in [0.5, 0.6) is 5.75 Å². The maximum absolute atomic E-state index is 12.7. The van der Waals surface area contributed by atoms with Crippen molar-refractivity contribution in [3.63, 3.8) is 0 Å². The Morgan fingerprint density at radius 2 is 1.89 bits per heavy atom. The molecule has 0 aliphatic heterocycles. The average molecular weight is 534 g/mol. The molecule has 11 nitrogen and oxygen atoms in total. The summed E-state index contributed by atoms with van der Waals surface area (Å²) in [5, 5.41) is 8.24. The normalized spacial score (nSPS) is 11.4. The Labute approximate surface area is 215 Å². The number of likely N-dealkylation sites (N-methyl/N-ethyl adjacent to an activating group) is 1. The van der Waals surface area contributed by atoms with Gasteiger partial charge in [-0.25, -0.2) is 18.4 Å². The average Bonchev–Trinajstić information content (AvgIpc) is 2.81. The topological polar surface area (TPSA) is 138 Å². The van der Waals surface area contributed by atoms with Gasteiger partial charge in [-0.2, -0.15) is 4.98 Å². The molecule has 0 saturated carbocycles. The second-order valence-corrected chi connectivity index (χ2v) is 11.1. The highest BCUT2D eigenvalue weighted by atomic mass is 35.5. The van der Waals surface area contributed by atoms with Crippen molar-refractivity contribution in [3.8, 4) is 5.75 Å². The highest BCUT2D eigenvalue weighted by Crippen LogP contribution is 2.32. The molecule has 3 aromatic rings. The fraction of sp³-hybridized carbons (Fsp3) is 0.304. The molecule has 0 saturated heterocycles. The summed E-state index contributed by atoms with van der Waals surface area (Å²) in [7, 11) is 1.46. The molecule has 3 rings (SSSR count). The lowest BCUT2D eigenvalue weighted by atomic mass is 10.2. The number of halogens is 1. The summed E-state index contributed by atoms with van der Waals surface area (Å²) < 4.78 is 30.9. The zero-order chi connectivity index (χ0) is 26.5. The number of aromatic nitrogens is 3. The van der Waals surface area contributed by atoms with Crippen LogP contribution in [0, 0.1) is 0 Å². The van der Waals surface area contributed by atoms with Crippen molar-refractivity contribution in [2.24, 2.45) is 0 Å². The van der Waals surface area contributed by atoms with Gasteiger partial charge in [0.15, 0.2) is 20.7 Å². The molecule has 13 heteroatoms. The van der Waals surface area contributed by atoms with E-state index in [2.05, 4.69) is 30.9 Å². The Bertz CT molecular complexity index is 1350. The van der Waals surface area contributed by atoms with Crippen LogP contribution in [0.1, 0.15) is 13.8 Å². The van der Waals surface area contributed by atoms with Crippen LogP contribution in [0.2, 0.25) is 5.02 Å². The fourth-order valence-corrected chi connectivity index (χ4v) is 4.28. The predicted molar refractivity (Wildman–Crippen MR) is 140 cm³/mol. The van der Waals surface area contributed by atoms with Gasteiger partial charge in [-0.3, -0.25) is 4.79 Å². The number of carbonyl (C=O) groups is 1. The van der Waals surface area contributed by atoms with E-state index in [-0.39, 0.29) is 40.0 Å². The van der Waals surface area contributed by atoms with Gasteiger partial charge in [0.05, 0.1) is 36.5 Å². The third-order valence-corrected chi connectivity index (χ3v) is 7.23. The van der Waals surface area contributed by atoms with Crippen LogP contribution in [0.4, 0.5) is 28.8 Å². The molecule has 0 bridgehead atoms. The second-order valence-electron chi connectivity index (χ2n) is 8.29. The molecule has 192 valence electrons. The van der Waals surface area contributed by atoms with E-state index in [1.165, 1.54) is 19.5 Å². The molecule has 2 heterocycles. The predicted octanol–water partition coefficient (Wildman–Crippen LogP) is 3.70. The number of benzene rings is 1. The van der Waals surface area contributed by atoms with Crippen LogP contribution in [0.15, 0.2) is 47.8 Å². The van der Waals surface area contributed by atoms with E-state index in [9.17, 15) is 13.2 Å². The number of carbonyl (C=O) groups excluding carboxylic acids is 1. The number of ether oxygens (including phenoxy) is 1. The Kier molecular flexibility index (Phi) is 8.66. The number of anilines is 5. The van der Waals surface area contributed by atoms with Crippen LogP contribution < -0.4 is 20.7 Å². The number of sulfone groups is 1. The first-order valence-corrected chi connectivity index (χ1v) is 12.8. The number of hydrogen-bond acceptors (Lipinski definition) is 10. The Hall–Kier alpha value is -3.48. The third kappa shape index (κ3) is 6.59. The van der Waals surface area contributed by atoms with Crippen LogP contribution >= 0.6 is 11.6 Å². The number of methoxy groups -OCH3 is 1. The number of nitrogens with zero attached hydrogens (tertiary/aromatic N) is 4. The molecule has 0 spiro atoms. The number of rotatable bonds is 10. The minimum Gasteiger partial charge on any atom is -0.494 e.